The highest BCUT2D eigenvalue weighted by Gasteiger charge is 2.28. The summed E-state index contributed by atoms with van der Waals surface area (Å²) in [6.07, 6.45) is 8.62. The van der Waals surface area contributed by atoms with E-state index in [1.165, 1.54) is 78.7 Å². The molecule has 200 valence electrons. The topological polar surface area (TPSA) is 25.8 Å². The van der Waals surface area contributed by atoms with Crippen LogP contribution in [0.4, 0.5) is 0 Å². The number of fused-ring (bicyclic) bond motifs is 1. The molecule has 6 heteroatoms. The maximum atomic E-state index is 4.79. The first kappa shape index (κ1) is 28.8. The zero-order chi connectivity index (χ0) is 26.6. The molecular weight excluding hydrogens is 529 g/mol. The van der Waals surface area contributed by atoms with E-state index in [2.05, 4.69) is 90.6 Å². The molecule has 4 rings (SSSR count). The molecule has 0 saturated carbocycles. The van der Waals surface area contributed by atoms with Gasteiger partial charge in [-0.05, 0) is 66.0 Å². The van der Waals surface area contributed by atoms with Gasteiger partial charge < -0.3 is 0 Å². The Labute approximate surface area is 240 Å². The molecule has 0 N–H and O–H groups in total. The number of unbranched alkanes of at least 4 members (excludes halogenated alkanes) is 3. The van der Waals surface area contributed by atoms with Crippen LogP contribution in [0.15, 0.2) is 35.2 Å². The molecular formula is C31H42N2S4. The fraction of sp³-hybridized carbons (Fsp3) is 0.548. The Morgan fingerprint density at radius 1 is 0.784 bits per heavy atom. The monoisotopic (exact) mass is 570 g/mol. The van der Waals surface area contributed by atoms with Crippen molar-refractivity contribution in [1.29, 1.82) is 0 Å². The van der Waals surface area contributed by atoms with Gasteiger partial charge in [-0.15, -0.1) is 34.4 Å². The Hall–Kier alpha value is -1.21. The second kappa shape index (κ2) is 12.3. The van der Waals surface area contributed by atoms with Gasteiger partial charge in [0.25, 0.3) is 0 Å². The van der Waals surface area contributed by atoms with Crippen molar-refractivity contribution in [3.63, 3.8) is 0 Å². The van der Waals surface area contributed by atoms with Crippen LogP contribution in [0.1, 0.15) is 104 Å². The third-order valence-corrected chi connectivity index (χ3v) is 12.8. The molecule has 2 nitrogen and oxygen atoms in total. The number of aromatic nitrogens is 2. The number of rotatable bonds is 13. The summed E-state index contributed by atoms with van der Waals surface area (Å²) in [5.74, 6) is 1.20. The Balaban J connectivity index is 1.70. The molecule has 0 aliphatic carbocycles. The van der Waals surface area contributed by atoms with E-state index in [0.29, 0.717) is 0 Å². The van der Waals surface area contributed by atoms with Gasteiger partial charge in [-0.2, -0.15) is 8.75 Å². The third kappa shape index (κ3) is 6.03. The Morgan fingerprint density at radius 2 is 1.51 bits per heavy atom. The van der Waals surface area contributed by atoms with E-state index < -0.39 is 0 Å². The summed E-state index contributed by atoms with van der Waals surface area (Å²) < 4.78 is 9.56. The minimum atomic E-state index is 0.135. The number of thiophene rings is 2. The van der Waals surface area contributed by atoms with Crippen LogP contribution in [0.2, 0.25) is 0 Å². The van der Waals surface area contributed by atoms with Crippen LogP contribution in [0.25, 0.3) is 31.2 Å². The van der Waals surface area contributed by atoms with Crippen LogP contribution in [-0.2, 0) is 10.8 Å². The largest absolute Gasteiger partial charge is 0.173 e. The minimum Gasteiger partial charge on any atom is -0.173 e. The predicted molar refractivity (Wildman–Crippen MR) is 170 cm³/mol. The van der Waals surface area contributed by atoms with Gasteiger partial charge in [-0.1, -0.05) is 79.9 Å². The lowest BCUT2D eigenvalue weighted by Crippen LogP contribution is -2.20. The highest BCUT2D eigenvalue weighted by molar-refractivity contribution is 7.99. The number of thioether (sulfide) groups is 1. The molecule has 0 unspecified atom stereocenters. The molecule has 3 aromatic heterocycles. The van der Waals surface area contributed by atoms with Crippen molar-refractivity contribution in [2.24, 2.45) is 0 Å². The predicted octanol–water partition coefficient (Wildman–Crippen LogP) is 11.6. The standard InChI is InChI=1S/C31H42N2S4/c1-8-12-13-14-19-34-25-20-26(30(5,6)9-2)36-29(25)24-18-17-23(35-24)21-15-16-22(31(7,10-3)11-4)28-27(21)32-37-33-28/h15-18,20H,8-14,19H2,1-7H3. The quantitative estimate of drug-likeness (QED) is 0.118. The van der Waals surface area contributed by atoms with Crippen molar-refractivity contribution in [2.45, 2.75) is 109 Å². The van der Waals surface area contributed by atoms with Gasteiger partial charge in [-0.3, -0.25) is 0 Å². The number of benzene rings is 1. The molecule has 0 fully saturated rings. The van der Waals surface area contributed by atoms with E-state index in [9.17, 15) is 0 Å². The molecule has 0 spiro atoms. The smallest absolute Gasteiger partial charge is 0.113 e. The van der Waals surface area contributed by atoms with Crippen LogP contribution < -0.4 is 0 Å². The summed E-state index contributed by atoms with van der Waals surface area (Å²) in [5.41, 5.74) is 5.06. The lowest BCUT2D eigenvalue weighted by molar-refractivity contribution is 0.442. The van der Waals surface area contributed by atoms with E-state index in [0.717, 1.165) is 30.3 Å². The minimum absolute atomic E-state index is 0.135. The summed E-state index contributed by atoms with van der Waals surface area (Å²) in [5, 5.41) is 0. The highest BCUT2D eigenvalue weighted by atomic mass is 32.2. The van der Waals surface area contributed by atoms with E-state index >= 15 is 0 Å². The number of hydrogen-bond donors (Lipinski definition) is 0. The van der Waals surface area contributed by atoms with E-state index in [1.807, 2.05) is 22.7 Å². The van der Waals surface area contributed by atoms with Gasteiger partial charge in [0.05, 0.1) is 16.6 Å². The Morgan fingerprint density at radius 3 is 2.22 bits per heavy atom. The summed E-state index contributed by atoms with van der Waals surface area (Å²) in [4.78, 5) is 7.08. The van der Waals surface area contributed by atoms with E-state index in [1.54, 1.807) is 0 Å². The molecule has 0 saturated heterocycles. The zero-order valence-electron chi connectivity index (χ0n) is 23.6. The lowest BCUT2D eigenvalue weighted by Gasteiger charge is -2.27. The highest BCUT2D eigenvalue weighted by Crippen LogP contribution is 2.48. The molecule has 1 aromatic carbocycles. The van der Waals surface area contributed by atoms with Gasteiger partial charge in [0.15, 0.2) is 0 Å². The molecule has 37 heavy (non-hydrogen) atoms. The van der Waals surface area contributed by atoms with Crippen LogP contribution in [0, 0.1) is 0 Å². The van der Waals surface area contributed by atoms with Gasteiger partial charge >= 0.3 is 0 Å². The first-order valence-corrected chi connectivity index (χ1v) is 17.3. The Kier molecular flexibility index (Phi) is 9.58. The lowest BCUT2D eigenvalue weighted by atomic mass is 9.77. The molecule has 0 atom stereocenters. The molecule has 0 radical (unpaired) electrons. The summed E-state index contributed by atoms with van der Waals surface area (Å²) in [7, 11) is 0. The average Bonchev–Trinajstić information content (AvgIpc) is 3.67. The molecule has 0 amide bonds. The fourth-order valence-corrected chi connectivity index (χ4v) is 9.07. The first-order chi connectivity index (χ1) is 17.8. The number of nitrogens with zero attached hydrogens (tertiary/aromatic N) is 2. The van der Waals surface area contributed by atoms with Crippen LogP contribution in [0.5, 0.6) is 0 Å². The third-order valence-electron chi connectivity index (χ3n) is 8.23. The van der Waals surface area contributed by atoms with Crippen molar-refractivity contribution >= 4 is 57.2 Å². The Bertz CT molecular complexity index is 1310. The summed E-state index contributed by atoms with van der Waals surface area (Å²) in [6.45, 7) is 16.3. The van der Waals surface area contributed by atoms with Gasteiger partial charge in [0, 0.05) is 25.1 Å². The SMILES string of the molecule is CCCCCCSc1cc(C(C)(C)CC)sc1-c1ccc(-c2ccc(C(C)(CC)CC)c3nsnc23)s1. The molecule has 0 bridgehead atoms. The van der Waals surface area contributed by atoms with Crippen molar-refractivity contribution < 1.29 is 0 Å². The van der Waals surface area contributed by atoms with Crippen LogP contribution in [0.3, 0.4) is 0 Å². The summed E-state index contributed by atoms with van der Waals surface area (Å²) in [6, 6.07) is 11.7. The number of hydrogen-bond acceptors (Lipinski definition) is 6. The summed E-state index contributed by atoms with van der Waals surface area (Å²) >= 11 is 7.31. The van der Waals surface area contributed by atoms with Crippen molar-refractivity contribution in [3.05, 3.63) is 40.8 Å². The van der Waals surface area contributed by atoms with Gasteiger partial charge in [-0.25, -0.2) is 0 Å². The zero-order valence-corrected chi connectivity index (χ0v) is 26.8. The van der Waals surface area contributed by atoms with E-state index in [-0.39, 0.29) is 10.8 Å². The maximum absolute atomic E-state index is 4.79. The van der Waals surface area contributed by atoms with Crippen LogP contribution in [-0.4, -0.2) is 14.5 Å². The van der Waals surface area contributed by atoms with Gasteiger partial charge in [0.1, 0.15) is 11.0 Å². The molecule has 0 aliphatic heterocycles. The molecule has 3 heterocycles. The maximum Gasteiger partial charge on any atom is 0.113 e. The second-order valence-electron chi connectivity index (χ2n) is 11.0. The average molecular weight is 571 g/mol. The first-order valence-electron chi connectivity index (χ1n) is 13.9. The fourth-order valence-electron chi connectivity index (χ4n) is 4.66. The van der Waals surface area contributed by atoms with Crippen molar-refractivity contribution in [3.8, 4) is 20.2 Å². The van der Waals surface area contributed by atoms with E-state index in [4.69, 9.17) is 8.75 Å². The van der Waals surface area contributed by atoms with Gasteiger partial charge in [0.2, 0.25) is 0 Å². The normalized spacial score (nSPS) is 12.6. The van der Waals surface area contributed by atoms with Crippen molar-refractivity contribution in [2.75, 3.05) is 5.75 Å². The molecule has 0 aliphatic rings. The molecule has 4 aromatic rings. The second-order valence-corrected chi connectivity index (χ2v) is 14.8. The van der Waals surface area contributed by atoms with Crippen molar-refractivity contribution in [1.82, 2.24) is 8.75 Å². The van der Waals surface area contributed by atoms with Crippen LogP contribution >= 0.6 is 46.2 Å².